The number of hydrogen-bond acceptors (Lipinski definition) is 7. The van der Waals surface area contributed by atoms with Gasteiger partial charge in [0, 0.05) is 36.0 Å². The molecular weight excluding hydrogens is 356 g/mol. The number of methoxy groups -OCH3 is 2. The van der Waals surface area contributed by atoms with Crippen molar-refractivity contribution < 1.29 is 14.2 Å². The third kappa shape index (κ3) is 3.78. The molecule has 0 radical (unpaired) electrons. The molecule has 1 aromatic heterocycles. The second-order valence-corrected chi connectivity index (χ2v) is 6.50. The lowest BCUT2D eigenvalue weighted by molar-refractivity contribution is 0.134. The van der Waals surface area contributed by atoms with Crippen LogP contribution in [-0.4, -0.2) is 43.9 Å². The van der Waals surface area contributed by atoms with Gasteiger partial charge in [0.25, 0.3) is 0 Å². The molecule has 0 aliphatic carbocycles. The number of rotatable bonds is 4. The van der Waals surface area contributed by atoms with Crippen LogP contribution in [-0.2, 0) is 4.74 Å². The van der Waals surface area contributed by atoms with Gasteiger partial charge >= 0.3 is 0 Å². The van der Waals surface area contributed by atoms with Gasteiger partial charge in [0.1, 0.15) is 5.82 Å². The third-order valence-electron chi connectivity index (χ3n) is 4.35. The standard InChI is InChI=1S/C18H23ClN4O3/c1-11-7-17(22-18(20)21-11)23-5-4-6-26-10-14(23)12-8-15(24-2)16(25-3)9-13(12)19/h7-9,14H,4-6,10H2,1-3H3,(H2,20,21,22)/t14-/m1/s1. The van der Waals surface area contributed by atoms with Crippen molar-refractivity contribution >= 4 is 23.4 Å². The zero-order chi connectivity index (χ0) is 18.7. The zero-order valence-electron chi connectivity index (χ0n) is 15.2. The van der Waals surface area contributed by atoms with Crippen LogP contribution >= 0.6 is 11.6 Å². The Morgan fingerprint density at radius 2 is 1.92 bits per heavy atom. The highest BCUT2D eigenvalue weighted by molar-refractivity contribution is 6.31. The normalized spacial score (nSPS) is 17.7. The van der Waals surface area contributed by atoms with Crippen molar-refractivity contribution in [3.05, 3.63) is 34.5 Å². The minimum absolute atomic E-state index is 0.126. The first-order valence-electron chi connectivity index (χ1n) is 8.40. The molecule has 7 nitrogen and oxygen atoms in total. The molecule has 1 fully saturated rings. The maximum Gasteiger partial charge on any atom is 0.222 e. The molecule has 1 aliphatic rings. The first-order valence-corrected chi connectivity index (χ1v) is 8.78. The molecule has 2 aromatic rings. The van der Waals surface area contributed by atoms with Gasteiger partial charge in [-0.25, -0.2) is 4.98 Å². The fourth-order valence-corrected chi connectivity index (χ4v) is 3.44. The third-order valence-corrected chi connectivity index (χ3v) is 4.68. The van der Waals surface area contributed by atoms with Gasteiger partial charge in [0.2, 0.25) is 5.95 Å². The maximum absolute atomic E-state index is 6.56. The largest absolute Gasteiger partial charge is 0.493 e. The van der Waals surface area contributed by atoms with Gasteiger partial charge in [0.15, 0.2) is 11.5 Å². The predicted octanol–water partition coefficient (Wildman–Crippen LogP) is 3.01. The van der Waals surface area contributed by atoms with Gasteiger partial charge < -0.3 is 24.8 Å². The van der Waals surface area contributed by atoms with Crippen molar-refractivity contribution in [3.8, 4) is 11.5 Å². The summed E-state index contributed by atoms with van der Waals surface area (Å²) in [6.07, 6.45) is 0.879. The van der Waals surface area contributed by atoms with Crippen molar-refractivity contribution in [1.82, 2.24) is 9.97 Å². The summed E-state index contributed by atoms with van der Waals surface area (Å²) in [5.74, 6) is 2.22. The number of nitrogens with two attached hydrogens (primary N) is 1. The highest BCUT2D eigenvalue weighted by Gasteiger charge is 2.28. The number of nitrogen functional groups attached to an aromatic ring is 1. The van der Waals surface area contributed by atoms with Crippen LogP contribution in [0.4, 0.5) is 11.8 Å². The summed E-state index contributed by atoms with van der Waals surface area (Å²) in [6, 6.07) is 5.45. The molecule has 1 saturated heterocycles. The molecule has 3 rings (SSSR count). The first kappa shape index (κ1) is 18.5. The van der Waals surface area contributed by atoms with Crippen LogP contribution in [0.3, 0.4) is 0 Å². The molecule has 2 heterocycles. The number of anilines is 2. The lowest BCUT2D eigenvalue weighted by Gasteiger charge is -2.31. The summed E-state index contributed by atoms with van der Waals surface area (Å²) in [5, 5.41) is 0.585. The molecule has 1 aromatic carbocycles. The van der Waals surface area contributed by atoms with Crippen molar-refractivity contribution in [2.45, 2.75) is 19.4 Å². The van der Waals surface area contributed by atoms with Crippen LogP contribution in [0.1, 0.15) is 23.7 Å². The minimum atomic E-state index is -0.126. The van der Waals surface area contributed by atoms with E-state index in [9.17, 15) is 0 Å². The Kier molecular flexibility index (Phi) is 5.68. The summed E-state index contributed by atoms with van der Waals surface area (Å²) in [5.41, 5.74) is 7.56. The number of benzene rings is 1. The molecule has 0 saturated carbocycles. The van der Waals surface area contributed by atoms with Gasteiger partial charge in [-0.05, 0) is 25.0 Å². The highest BCUT2D eigenvalue weighted by atomic mass is 35.5. The minimum Gasteiger partial charge on any atom is -0.493 e. The number of hydrogen-bond donors (Lipinski definition) is 1. The summed E-state index contributed by atoms with van der Waals surface area (Å²) >= 11 is 6.56. The Hall–Kier alpha value is -2.25. The monoisotopic (exact) mass is 378 g/mol. The average molecular weight is 379 g/mol. The number of aromatic nitrogens is 2. The molecule has 140 valence electrons. The van der Waals surface area contributed by atoms with Crippen LogP contribution in [0, 0.1) is 6.92 Å². The quantitative estimate of drug-likeness (QED) is 0.875. The van der Waals surface area contributed by atoms with E-state index < -0.39 is 0 Å². The second kappa shape index (κ2) is 7.97. The molecule has 8 heteroatoms. The van der Waals surface area contributed by atoms with Gasteiger partial charge in [0.05, 0.1) is 26.9 Å². The summed E-state index contributed by atoms with van der Waals surface area (Å²) < 4.78 is 16.6. The zero-order valence-corrected chi connectivity index (χ0v) is 15.9. The van der Waals surface area contributed by atoms with E-state index in [1.807, 2.05) is 19.1 Å². The number of nitrogens with zero attached hydrogens (tertiary/aromatic N) is 3. The number of halogens is 1. The van der Waals surface area contributed by atoms with Gasteiger partial charge in [-0.3, -0.25) is 0 Å². The van der Waals surface area contributed by atoms with Crippen molar-refractivity contribution in [2.75, 3.05) is 44.6 Å². The van der Waals surface area contributed by atoms with Crippen LogP contribution in [0.15, 0.2) is 18.2 Å². The van der Waals surface area contributed by atoms with Crippen LogP contribution in [0.5, 0.6) is 11.5 Å². The van der Waals surface area contributed by atoms with Crippen LogP contribution < -0.4 is 20.1 Å². The Labute approximate surface area is 158 Å². The van der Waals surface area contributed by atoms with Crippen molar-refractivity contribution in [1.29, 1.82) is 0 Å². The van der Waals surface area contributed by atoms with E-state index in [2.05, 4.69) is 14.9 Å². The maximum atomic E-state index is 6.56. The molecule has 0 bridgehead atoms. The lowest BCUT2D eigenvalue weighted by atomic mass is 10.0. The first-order chi connectivity index (χ1) is 12.5. The topological polar surface area (TPSA) is 82.7 Å². The highest BCUT2D eigenvalue weighted by Crippen LogP contribution is 2.39. The average Bonchev–Trinajstić information content (AvgIpc) is 2.86. The van der Waals surface area contributed by atoms with Gasteiger partial charge in [-0.2, -0.15) is 4.98 Å². The van der Waals surface area contributed by atoms with E-state index in [4.69, 9.17) is 31.5 Å². The van der Waals surface area contributed by atoms with E-state index in [1.54, 1.807) is 20.3 Å². The smallest absolute Gasteiger partial charge is 0.222 e. The SMILES string of the molecule is COc1cc(Cl)c([C@H]2COCCCN2c2cc(C)nc(N)n2)cc1OC. The Balaban J connectivity index is 2.07. The van der Waals surface area contributed by atoms with E-state index in [0.29, 0.717) is 29.7 Å². The molecule has 0 spiro atoms. The van der Waals surface area contributed by atoms with Crippen molar-refractivity contribution in [2.24, 2.45) is 0 Å². The van der Waals surface area contributed by atoms with Gasteiger partial charge in [-0.1, -0.05) is 11.6 Å². The number of ether oxygens (including phenoxy) is 3. The molecular formula is C18H23ClN4O3. The van der Waals surface area contributed by atoms with E-state index in [1.165, 1.54) is 0 Å². The molecule has 0 amide bonds. The molecule has 1 atom stereocenters. The van der Waals surface area contributed by atoms with Gasteiger partial charge in [-0.15, -0.1) is 0 Å². The van der Waals surface area contributed by atoms with E-state index in [-0.39, 0.29) is 12.0 Å². The second-order valence-electron chi connectivity index (χ2n) is 6.09. The van der Waals surface area contributed by atoms with Crippen molar-refractivity contribution in [3.63, 3.8) is 0 Å². The molecule has 2 N–H and O–H groups in total. The fourth-order valence-electron chi connectivity index (χ4n) is 3.16. The predicted molar refractivity (Wildman–Crippen MR) is 101 cm³/mol. The van der Waals surface area contributed by atoms with Crippen LogP contribution in [0.25, 0.3) is 0 Å². The lowest BCUT2D eigenvalue weighted by Crippen LogP contribution is -2.32. The molecule has 0 unspecified atom stereocenters. The summed E-state index contributed by atoms with van der Waals surface area (Å²) in [7, 11) is 3.19. The summed E-state index contributed by atoms with van der Waals surface area (Å²) in [4.78, 5) is 10.7. The molecule has 26 heavy (non-hydrogen) atoms. The Morgan fingerprint density at radius 1 is 1.19 bits per heavy atom. The van der Waals surface area contributed by atoms with E-state index in [0.717, 1.165) is 30.0 Å². The molecule has 1 aliphatic heterocycles. The Bertz CT molecular complexity index is 767. The Morgan fingerprint density at radius 3 is 2.62 bits per heavy atom. The summed E-state index contributed by atoms with van der Waals surface area (Å²) in [6.45, 7) is 3.83. The fraction of sp³-hybridized carbons (Fsp3) is 0.444. The number of aryl methyl sites for hydroxylation is 1. The van der Waals surface area contributed by atoms with E-state index >= 15 is 0 Å². The van der Waals surface area contributed by atoms with Crippen LogP contribution in [0.2, 0.25) is 5.02 Å².